The van der Waals surface area contributed by atoms with E-state index in [0.717, 1.165) is 23.7 Å². The van der Waals surface area contributed by atoms with E-state index in [1.165, 1.54) is 49.4 Å². The lowest BCUT2D eigenvalue weighted by molar-refractivity contribution is 0.347. The standard InChI is InChI=1S/C20H19Cl2N5O3S/c21-13-7-12(27-20(30)26-17(29)10-24-27)8-14(22)18(13)31-19-23-9-16(28)15(25-19)6-11-4-2-1-3-5-11/h7-11,28H,1-6H2,(H,26,29,30). The number of benzene rings is 1. The summed E-state index contributed by atoms with van der Waals surface area (Å²) in [5, 5.41) is 15.0. The molecule has 11 heteroatoms. The van der Waals surface area contributed by atoms with Gasteiger partial charge in [0.15, 0.2) is 10.9 Å². The normalized spacial score (nSPS) is 14.6. The molecule has 1 saturated carbocycles. The lowest BCUT2D eigenvalue weighted by Gasteiger charge is -2.21. The van der Waals surface area contributed by atoms with Crippen molar-refractivity contribution in [2.75, 3.05) is 0 Å². The number of nitrogens with one attached hydrogen (secondary N) is 1. The molecular formula is C20H19Cl2N5O3S. The number of aromatic nitrogens is 5. The average Bonchev–Trinajstić information content (AvgIpc) is 2.73. The van der Waals surface area contributed by atoms with E-state index < -0.39 is 11.2 Å². The fourth-order valence-corrected chi connectivity index (χ4v) is 5.11. The van der Waals surface area contributed by atoms with Gasteiger partial charge in [-0.05, 0) is 36.2 Å². The van der Waals surface area contributed by atoms with Crippen molar-refractivity contribution in [3.8, 4) is 11.4 Å². The SMILES string of the molecule is O=c1cnn(-c2cc(Cl)c(Sc3ncc(O)c(CC4CCCCC4)n3)c(Cl)c2)c(=O)[nH]1. The van der Waals surface area contributed by atoms with Crippen molar-refractivity contribution in [1.82, 2.24) is 24.7 Å². The predicted octanol–water partition coefficient (Wildman–Crippen LogP) is 4.00. The molecule has 8 nitrogen and oxygen atoms in total. The maximum Gasteiger partial charge on any atom is 0.349 e. The van der Waals surface area contributed by atoms with Crippen molar-refractivity contribution in [2.45, 2.75) is 48.6 Å². The Kier molecular flexibility index (Phi) is 6.64. The highest BCUT2D eigenvalue weighted by Gasteiger charge is 2.19. The zero-order chi connectivity index (χ0) is 22.0. The molecule has 0 aliphatic heterocycles. The quantitative estimate of drug-likeness (QED) is 0.531. The molecule has 2 heterocycles. The van der Waals surface area contributed by atoms with Gasteiger partial charge in [0.1, 0.15) is 6.20 Å². The monoisotopic (exact) mass is 479 g/mol. The van der Waals surface area contributed by atoms with Gasteiger partial charge in [-0.25, -0.2) is 14.8 Å². The summed E-state index contributed by atoms with van der Waals surface area (Å²) in [6.07, 6.45) is 9.07. The summed E-state index contributed by atoms with van der Waals surface area (Å²) in [5.41, 5.74) is -0.365. The van der Waals surface area contributed by atoms with Gasteiger partial charge in [-0.1, -0.05) is 55.3 Å². The van der Waals surface area contributed by atoms with Crippen LogP contribution >= 0.6 is 35.0 Å². The smallest absolute Gasteiger partial charge is 0.349 e. The fraction of sp³-hybridized carbons (Fsp3) is 0.350. The Balaban J connectivity index is 1.60. The molecule has 0 unspecified atom stereocenters. The van der Waals surface area contributed by atoms with Gasteiger partial charge in [0, 0.05) is 0 Å². The van der Waals surface area contributed by atoms with E-state index >= 15 is 0 Å². The van der Waals surface area contributed by atoms with E-state index in [-0.39, 0.29) is 15.8 Å². The topological polar surface area (TPSA) is 114 Å². The molecule has 2 aromatic heterocycles. The molecule has 1 aromatic carbocycles. The maximum atomic E-state index is 12.0. The van der Waals surface area contributed by atoms with Crippen LogP contribution in [0.1, 0.15) is 37.8 Å². The van der Waals surface area contributed by atoms with Crippen LogP contribution in [-0.2, 0) is 6.42 Å². The maximum absolute atomic E-state index is 12.0. The summed E-state index contributed by atoms with van der Waals surface area (Å²) in [6.45, 7) is 0. The molecule has 0 spiro atoms. The van der Waals surface area contributed by atoms with Crippen LogP contribution in [0, 0.1) is 5.92 Å². The molecule has 162 valence electrons. The Morgan fingerprint density at radius 3 is 2.52 bits per heavy atom. The molecule has 4 rings (SSSR count). The molecule has 0 saturated heterocycles. The summed E-state index contributed by atoms with van der Waals surface area (Å²) in [4.78, 5) is 34.6. The first-order valence-corrected chi connectivity index (χ1v) is 11.4. The summed E-state index contributed by atoms with van der Waals surface area (Å²) in [5.74, 6) is 0.605. The van der Waals surface area contributed by atoms with Crippen LogP contribution in [0.4, 0.5) is 0 Å². The van der Waals surface area contributed by atoms with E-state index in [0.29, 0.717) is 33.8 Å². The minimum atomic E-state index is -0.700. The first-order chi connectivity index (χ1) is 14.9. The lowest BCUT2D eigenvalue weighted by Crippen LogP contribution is -2.30. The van der Waals surface area contributed by atoms with Crippen molar-refractivity contribution >= 4 is 35.0 Å². The predicted molar refractivity (Wildman–Crippen MR) is 119 cm³/mol. The third-order valence-corrected chi connectivity index (χ3v) is 7.01. The van der Waals surface area contributed by atoms with Gasteiger partial charge in [-0.2, -0.15) is 9.78 Å². The molecule has 2 N–H and O–H groups in total. The third kappa shape index (κ3) is 5.11. The highest BCUT2D eigenvalue weighted by molar-refractivity contribution is 7.99. The molecule has 1 fully saturated rings. The molecule has 0 radical (unpaired) electrons. The highest BCUT2D eigenvalue weighted by atomic mass is 35.5. The van der Waals surface area contributed by atoms with Crippen LogP contribution in [0.2, 0.25) is 10.0 Å². The Morgan fingerprint density at radius 2 is 1.84 bits per heavy atom. The van der Waals surface area contributed by atoms with Crippen molar-refractivity contribution in [2.24, 2.45) is 5.92 Å². The zero-order valence-electron chi connectivity index (χ0n) is 16.3. The lowest BCUT2D eigenvalue weighted by atomic mass is 9.86. The Labute approximate surface area is 191 Å². The van der Waals surface area contributed by atoms with Crippen LogP contribution in [-0.4, -0.2) is 29.8 Å². The summed E-state index contributed by atoms with van der Waals surface area (Å²) < 4.78 is 0.993. The highest BCUT2D eigenvalue weighted by Crippen LogP contribution is 2.39. The van der Waals surface area contributed by atoms with Gasteiger partial charge in [-0.3, -0.25) is 9.78 Å². The van der Waals surface area contributed by atoms with Crippen LogP contribution < -0.4 is 11.2 Å². The fourth-order valence-electron chi connectivity index (χ4n) is 3.65. The molecule has 0 amide bonds. The Bertz CT molecular complexity index is 1200. The van der Waals surface area contributed by atoms with Crippen molar-refractivity contribution in [3.05, 3.63) is 61.1 Å². The van der Waals surface area contributed by atoms with E-state index in [2.05, 4.69) is 20.1 Å². The van der Waals surface area contributed by atoms with E-state index in [9.17, 15) is 14.7 Å². The number of nitrogens with zero attached hydrogens (tertiary/aromatic N) is 4. The summed E-state index contributed by atoms with van der Waals surface area (Å²) >= 11 is 14.0. The summed E-state index contributed by atoms with van der Waals surface area (Å²) in [7, 11) is 0. The summed E-state index contributed by atoms with van der Waals surface area (Å²) in [6, 6.07) is 3.04. The Morgan fingerprint density at radius 1 is 1.13 bits per heavy atom. The molecule has 3 aromatic rings. The van der Waals surface area contributed by atoms with Gasteiger partial charge in [0.2, 0.25) is 0 Å². The average molecular weight is 480 g/mol. The number of halogens is 2. The van der Waals surface area contributed by atoms with Crippen LogP contribution in [0.3, 0.4) is 0 Å². The second-order valence-corrected chi connectivity index (χ2v) is 9.18. The number of rotatable bonds is 5. The van der Waals surface area contributed by atoms with Gasteiger partial charge in [-0.15, -0.1) is 0 Å². The third-order valence-electron chi connectivity index (χ3n) is 5.16. The van der Waals surface area contributed by atoms with Gasteiger partial charge in [0.25, 0.3) is 5.56 Å². The molecular weight excluding hydrogens is 461 g/mol. The second kappa shape index (κ2) is 9.42. The van der Waals surface area contributed by atoms with Crippen LogP contribution in [0.25, 0.3) is 5.69 Å². The molecule has 31 heavy (non-hydrogen) atoms. The van der Waals surface area contributed by atoms with Crippen molar-refractivity contribution in [1.29, 1.82) is 0 Å². The molecule has 1 aliphatic carbocycles. The second-order valence-electron chi connectivity index (χ2n) is 7.38. The molecule has 0 bridgehead atoms. The van der Waals surface area contributed by atoms with Crippen LogP contribution in [0.15, 0.2) is 44.2 Å². The van der Waals surface area contributed by atoms with E-state index in [1.54, 1.807) is 0 Å². The van der Waals surface area contributed by atoms with Crippen LogP contribution in [0.5, 0.6) is 5.75 Å². The minimum absolute atomic E-state index is 0.0889. The van der Waals surface area contributed by atoms with Gasteiger partial charge >= 0.3 is 5.69 Å². The first kappa shape index (κ1) is 21.9. The zero-order valence-corrected chi connectivity index (χ0v) is 18.7. The largest absolute Gasteiger partial charge is 0.504 e. The molecule has 0 atom stereocenters. The number of H-pyrrole nitrogens is 1. The van der Waals surface area contributed by atoms with Gasteiger partial charge in [0.05, 0.1) is 32.5 Å². The van der Waals surface area contributed by atoms with E-state index in [1.807, 2.05) is 0 Å². The van der Waals surface area contributed by atoms with Crippen molar-refractivity contribution in [3.63, 3.8) is 0 Å². The first-order valence-electron chi connectivity index (χ1n) is 9.81. The Hall–Kier alpha value is -2.36. The molecule has 1 aliphatic rings. The number of hydrogen-bond donors (Lipinski definition) is 2. The number of aromatic amines is 1. The number of hydrogen-bond acceptors (Lipinski definition) is 7. The minimum Gasteiger partial charge on any atom is -0.504 e. The van der Waals surface area contributed by atoms with E-state index in [4.69, 9.17) is 23.2 Å². The number of aromatic hydroxyl groups is 1. The van der Waals surface area contributed by atoms with Gasteiger partial charge < -0.3 is 5.11 Å². The van der Waals surface area contributed by atoms with Crippen molar-refractivity contribution < 1.29 is 5.11 Å².